The van der Waals surface area contributed by atoms with Gasteiger partial charge in [-0.25, -0.2) is 0 Å². The van der Waals surface area contributed by atoms with Gasteiger partial charge in [-0.15, -0.1) is 0 Å². The molecule has 0 unspecified atom stereocenters. The summed E-state index contributed by atoms with van der Waals surface area (Å²) in [7, 11) is 1.57. The van der Waals surface area contributed by atoms with Gasteiger partial charge < -0.3 is 19.4 Å². The first-order valence-electron chi connectivity index (χ1n) is 7.01. The van der Waals surface area contributed by atoms with E-state index >= 15 is 0 Å². The molecule has 2 aromatic rings. The Hall–Kier alpha value is -2.40. The highest BCUT2D eigenvalue weighted by atomic mass is 35.5. The lowest BCUT2D eigenvalue weighted by Gasteiger charge is -2.12. The van der Waals surface area contributed by atoms with E-state index < -0.39 is 0 Å². The molecule has 1 N–H and O–H groups in total. The maximum atomic E-state index is 8.69. The third kappa shape index (κ3) is 4.79. The minimum absolute atomic E-state index is 0.334. The van der Waals surface area contributed by atoms with E-state index in [4.69, 9.17) is 31.0 Å². The van der Waals surface area contributed by atoms with Gasteiger partial charge in [0.1, 0.15) is 30.5 Å². The number of halogens is 1. The first-order valence-corrected chi connectivity index (χ1v) is 7.39. The van der Waals surface area contributed by atoms with Crippen LogP contribution in [0.25, 0.3) is 0 Å². The van der Waals surface area contributed by atoms with Crippen molar-refractivity contribution in [3.8, 4) is 17.2 Å². The van der Waals surface area contributed by atoms with Gasteiger partial charge >= 0.3 is 0 Å². The van der Waals surface area contributed by atoms with Gasteiger partial charge in [0.15, 0.2) is 0 Å². The molecule has 0 aliphatic heterocycles. The van der Waals surface area contributed by atoms with Crippen molar-refractivity contribution in [2.24, 2.45) is 5.16 Å². The Bertz CT molecular complexity index is 688. The second-order valence-electron chi connectivity index (χ2n) is 4.76. The fourth-order valence-electron chi connectivity index (χ4n) is 1.95. The van der Waals surface area contributed by atoms with Gasteiger partial charge in [-0.05, 0) is 42.8 Å². The van der Waals surface area contributed by atoms with E-state index in [9.17, 15) is 0 Å². The zero-order valence-corrected chi connectivity index (χ0v) is 13.7. The Morgan fingerprint density at radius 2 is 1.83 bits per heavy atom. The molecule has 0 aromatic heterocycles. The van der Waals surface area contributed by atoms with E-state index in [0.717, 1.165) is 11.3 Å². The van der Waals surface area contributed by atoms with Crippen molar-refractivity contribution in [3.05, 3.63) is 52.5 Å². The van der Waals surface area contributed by atoms with Crippen LogP contribution >= 0.6 is 11.6 Å². The molecule has 2 aromatic carbocycles. The Kier molecular flexibility index (Phi) is 6.11. The number of rotatable bonds is 7. The number of nitrogens with zero attached hydrogens (tertiary/aromatic N) is 1. The van der Waals surface area contributed by atoms with Crippen LogP contribution in [-0.4, -0.2) is 31.7 Å². The largest absolute Gasteiger partial charge is 0.497 e. The number of hydrogen-bond acceptors (Lipinski definition) is 5. The van der Waals surface area contributed by atoms with Crippen LogP contribution in [-0.2, 0) is 0 Å². The van der Waals surface area contributed by atoms with Crippen LogP contribution in [0, 0.1) is 6.92 Å². The van der Waals surface area contributed by atoms with Crippen molar-refractivity contribution in [2.45, 2.75) is 6.92 Å². The van der Waals surface area contributed by atoms with Crippen molar-refractivity contribution in [1.82, 2.24) is 0 Å². The van der Waals surface area contributed by atoms with Gasteiger partial charge in [-0.2, -0.15) is 0 Å². The molecule has 0 aliphatic rings. The monoisotopic (exact) mass is 335 g/mol. The Labute approximate surface area is 140 Å². The summed E-state index contributed by atoms with van der Waals surface area (Å²) in [6.07, 6.45) is 1.30. The molecular weight excluding hydrogens is 318 g/mol. The van der Waals surface area contributed by atoms with Gasteiger partial charge in [0.05, 0.1) is 13.3 Å². The lowest BCUT2D eigenvalue weighted by molar-refractivity contribution is 0.216. The van der Waals surface area contributed by atoms with Crippen LogP contribution in [0.15, 0.2) is 41.6 Å². The quantitative estimate of drug-likeness (QED) is 0.360. The molecule has 0 heterocycles. The minimum Gasteiger partial charge on any atom is -0.497 e. The Balaban J connectivity index is 1.93. The summed E-state index contributed by atoms with van der Waals surface area (Å²) in [6, 6.07) is 10.7. The smallest absolute Gasteiger partial charge is 0.132 e. The van der Waals surface area contributed by atoms with Crippen molar-refractivity contribution in [2.75, 3.05) is 20.3 Å². The summed E-state index contributed by atoms with van der Waals surface area (Å²) in [4.78, 5) is 0. The molecule has 2 rings (SSSR count). The highest BCUT2D eigenvalue weighted by molar-refractivity contribution is 6.31. The number of aryl methyl sites for hydroxylation is 1. The SMILES string of the molecule is COc1ccc(C=NO)c(OCCOc2ccc(Cl)c(C)c2)c1. The maximum Gasteiger partial charge on any atom is 0.132 e. The lowest BCUT2D eigenvalue weighted by Crippen LogP contribution is -2.10. The van der Waals surface area contributed by atoms with Crippen molar-refractivity contribution in [1.29, 1.82) is 0 Å². The van der Waals surface area contributed by atoms with Crippen LogP contribution in [0.2, 0.25) is 5.02 Å². The third-order valence-corrected chi connectivity index (χ3v) is 3.58. The number of ether oxygens (including phenoxy) is 3. The lowest BCUT2D eigenvalue weighted by atomic mass is 10.2. The predicted molar refractivity (Wildman–Crippen MR) is 89.6 cm³/mol. The molecule has 0 aliphatic carbocycles. The standard InChI is InChI=1S/C17H18ClNO4/c1-12-9-15(5-6-16(12)18)22-7-8-23-17-10-14(21-2)4-3-13(17)11-19-20/h3-6,9-11,20H,7-8H2,1-2H3. The zero-order valence-electron chi connectivity index (χ0n) is 13.0. The van der Waals surface area contributed by atoms with Gasteiger partial charge in [-0.1, -0.05) is 16.8 Å². The van der Waals surface area contributed by atoms with E-state index in [2.05, 4.69) is 5.16 Å². The molecule has 0 spiro atoms. The van der Waals surface area contributed by atoms with Crippen molar-refractivity contribution in [3.63, 3.8) is 0 Å². The van der Waals surface area contributed by atoms with E-state index in [1.54, 1.807) is 31.4 Å². The fourth-order valence-corrected chi connectivity index (χ4v) is 2.07. The molecule has 0 saturated heterocycles. The van der Waals surface area contributed by atoms with Crippen LogP contribution in [0.1, 0.15) is 11.1 Å². The van der Waals surface area contributed by atoms with Crippen LogP contribution < -0.4 is 14.2 Å². The first kappa shape index (κ1) is 17.0. The van der Waals surface area contributed by atoms with Crippen molar-refractivity contribution >= 4 is 17.8 Å². The number of methoxy groups -OCH3 is 1. The van der Waals surface area contributed by atoms with Crippen LogP contribution in [0.3, 0.4) is 0 Å². The summed E-state index contributed by atoms with van der Waals surface area (Å²) >= 11 is 5.97. The van der Waals surface area contributed by atoms with Gasteiger partial charge in [0.25, 0.3) is 0 Å². The zero-order chi connectivity index (χ0) is 16.7. The van der Waals surface area contributed by atoms with Crippen LogP contribution in [0.4, 0.5) is 0 Å². The summed E-state index contributed by atoms with van der Waals surface area (Å²) in [6.45, 7) is 2.62. The molecular formula is C17H18ClNO4. The minimum atomic E-state index is 0.334. The van der Waals surface area contributed by atoms with E-state index in [-0.39, 0.29) is 0 Å². The summed E-state index contributed by atoms with van der Waals surface area (Å²) in [5, 5.41) is 12.4. The normalized spacial score (nSPS) is 10.7. The second kappa shape index (κ2) is 8.29. The summed E-state index contributed by atoms with van der Waals surface area (Å²) in [5.41, 5.74) is 1.61. The number of benzene rings is 2. The summed E-state index contributed by atoms with van der Waals surface area (Å²) in [5.74, 6) is 1.95. The summed E-state index contributed by atoms with van der Waals surface area (Å²) < 4.78 is 16.5. The molecule has 0 atom stereocenters. The predicted octanol–water partition coefficient (Wildman–Crippen LogP) is 3.92. The highest BCUT2D eigenvalue weighted by Crippen LogP contribution is 2.24. The molecule has 0 fully saturated rings. The number of hydrogen-bond donors (Lipinski definition) is 1. The van der Waals surface area contributed by atoms with Crippen LogP contribution in [0.5, 0.6) is 17.2 Å². The van der Waals surface area contributed by atoms with Gasteiger partial charge in [-0.3, -0.25) is 0 Å². The molecule has 0 bridgehead atoms. The van der Waals surface area contributed by atoms with Gasteiger partial charge in [0.2, 0.25) is 0 Å². The van der Waals surface area contributed by atoms with E-state index in [1.807, 2.05) is 19.1 Å². The molecule has 0 amide bonds. The fraction of sp³-hybridized carbons (Fsp3) is 0.235. The van der Waals surface area contributed by atoms with Crippen molar-refractivity contribution < 1.29 is 19.4 Å². The second-order valence-corrected chi connectivity index (χ2v) is 5.16. The average molecular weight is 336 g/mol. The molecule has 0 saturated carbocycles. The molecule has 23 heavy (non-hydrogen) atoms. The third-order valence-electron chi connectivity index (χ3n) is 3.16. The van der Waals surface area contributed by atoms with E-state index in [0.29, 0.717) is 35.3 Å². The maximum absolute atomic E-state index is 8.69. The molecule has 5 nitrogen and oxygen atoms in total. The molecule has 122 valence electrons. The highest BCUT2D eigenvalue weighted by Gasteiger charge is 2.05. The molecule has 6 heteroatoms. The van der Waals surface area contributed by atoms with E-state index in [1.165, 1.54) is 6.21 Å². The number of oxime groups is 1. The first-order chi connectivity index (χ1) is 11.1. The average Bonchev–Trinajstić information content (AvgIpc) is 2.56. The Morgan fingerprint density at radius 1 is 1.09 bits per heavy atom. The topological polar surface area (TPSA) is 60.3 Å². The Morgan fingerprint density at radius 3 is 2.52 bits per heavy atom. The van der Waals surface area contributed by atoms with Gasteiger partial charge in [0, 0.05) is 16.7 Å². The molecule has 0 radical (unpaired) electrons.